The number of amides is 3. The lowest BCUT2D eigenvalue weighted by Crippen LogP contribution is -2.45. The van der Waals surface area contributed by atoms with Gasteiger partial charge in [-0.15, -0.1) is 0 Å². The molecule has 242 valence electrons. The van der Waals surface area contributed by atoms with Gasteiger partial charge in [0.25, 0.3) is 17.4 Å². The molecule has 11 heteroatoms. The Hall–Kier alpha value is -4.20. The van der Waals surface area contributed by atoms with E-state index in [1.165, 1.54) is 55.0 Å². The van der Waals surface area contributed by atoms with Crippen LogP contribution in [0.2, 0.25) is 0 Å². The van der Waals surface area contributed by atoms with Crippen LogP contribution in [0.5, 0.6) is 0 Å². The van der Waals surface area contributed by atoms with Crippen molar-refractivity contribution in [2.45, 2.75) is 91.1 Å². The van der Waals surface area contributed by atoms with Crippen molar-refractivity contribution >= 4 is 29.2 Å². The molecule has 4 rings (SSSR count). The molecule has 3 N–H and O–H groups in total. The van der Waals surface area contributed by atoms with Gasteiger partial charge < -0.3 is 25.1 Å². The van der Waals surface area contributed by atoms with Gasteiger partial charge in [0.1, 0.15) is 23.5 Å². The molecule has 2 heterocycles. The number of rotatable bonds is 13. The number of carbonyl (C=O) groups is 4. The van der Waals surface area contributed by atoms with E-state index in [4.69, 9.17) is 0 Å². The van der Waals surface area contributed by atoms with Gasteiger partial charge in [-0.3, -0.25) is 24.0 Å². The molecule has 2 aliphatic carbocycles. The molecule has 0 saturated heterocycles. The van der Waals surface area contributed by atoms with E-state index < -0.39 is 29.5 Å². The van der Waals surface area contributed by atoms with Crippen LogP contribution in [-0.2, 0) is 28.0 Å². The van der Waals surface area contributed by atoms with Crippen LogP contribution in [0.15, 0.2) is 35.4 Å². The first-order chi connectivity index (χ1) is 21.4. The van der Waals surface area contributed by atoms with Crippen LogP contribution in [0.4, 0.5) is 5.69 Å². The second-order valence-electron chi connectivity index (χ2n) is 13.5. The van der Waals surface area contributed by atoms with Gasteiger partial charge in [-0.25, -0.2) is 0 Å². The van der Waals surface area contributed by atoms with Crippen LogP contribution in [0, 0.1) is 34.5 Å². The Kier molecular flexibility index (Phi) is 11.0. The molecule has 3 atom stereocenters. The molecule has 0 aliphatic heterocycles. The van der Waals surface area contributed by atoms with Gasteiger partial charge in [0.15, 0.2) is 0 Å². The molecule has 2 bridgehead atoms. The third kappa shape index (κ3) is 8.71. The summed E-state index contributed by atoms with van der Waals surface area (Å²) in [5.41, 5.74) is 0.415. The molecule has 2 aromatic rings. The molecule has 3 unspecified atom stereocenters. The lowest BCUT2D eigenvalue weighted by molar-refractivity contribution is -0.138. The summed E-state index contributed by atoms with van der Waals surface area (Å²) in [6.45, 7) is 7.25. The molecule has 3 amide bonds. The number of hydrogen-bond donors (Lipinski definition) is 3. The summed E-state index contributed by atoms with van der Waals surface area (Å²) in [6, 6.07) is 5.34. The molecular formula is C34H46N6O5. The first-order valence-electron chi connectivity index (χ1n) is 16.1. The van der Waals surface area contributed by atoms with Gasteiger partial charge in [0.05, 0.1) is 5.56 Å². The third-order valence-corrected chi connectivity index (χ3v) is 9.40. The van der Waals surface area contributed by atoms with Gasteiger partial charge in [0, 0.05) is 39.0 Å². The van der Waals surface area contributed by atoms with E-state index in [9.17, 15) is 29.2 Å². The summed E-state index contributed by atoms with van der Waals surface area (Å²) in [5, 5.41) is 16.9. The van der Waals surface area contributed by atoms with Crippen molar-refractivity contribution in [2.75, 3.05) is 11.9 Å². The molecule has 2 saturated carbocycles. The number of nitrogens with one attached hydrogen (secondary N) is 3. The third-order valence-electron chi connectivity index (χ3n) is 9.40. The largest absolute Gasteiger partial charge is 0.350 e. The van der Waals surface area contributed by atoms with E-state index in [1.54, 1.807) is 30.8 Å². The fraction of sp³-hybridized carbons (Fsp3) is 0.588. The van der Waals surface area contributed by atoms with Gasteiger partial charge >= 0.3 is 0 Å². The summed E-state index contributed by atoms with van der Waals surface area (Å²) in [7, 11) is 1.59. The van der Waals surface area contributed by atoms with Crippen molar-refractivity contribution in [3.05, 3.63) is 52.2 Å². The van der Waals surface area contributed by atoms with E-state index in [1.807, 2.05) is 6.07 Å². The van der Waals surface area contributed by atoms with Crippen molar-refractivity contribution in [2.24, 2.45) is 30.2 Å². The summed E-state index contributed by atoms with van der Waals surface area (Å²) in [6.07, 6.45) is 11.1. The van der Waals surface area contributed by atoms with Crippen molar-refractivity contribution < 1.29 is 19.2 Å². The minimum atomic E-state index is -1.22. The fourth-order valence-electron chi connectivity index (χ4n) is 7.62. The zero-order chi connectivity index (χ0) is 32.7. The van der Waals surface area contributed by atoms with Gasteiger partial charge in [-0.1, -0.05) is 13.8 Å². The Morgan fingerprint density at radius 1 is 1.16 bits per heavy atom. The smallest absolute Gasteiger partial charge is 0.287 e. The molecule has 0 spiro atoms. The average Bonchev–Trinajstić information content (AvgIpc) is 3.36. The van der Waals surface area contributed by atoms with Gasteiger partial charge in [-0.05, 0) is 99.7 Å². The Morgan fingerprint density at radius 3 is 2.51 bits per heavy atom. The van der Waals surface area contributed by atoms with E-state index in [0.29, 0.717) is 6.54 Å². The molecular weight excluding hydrogens is 572 g/mol. The predicted molar refractivity (Wildman–Crippen MR) is 170 cm³/mol. The topological polar surface area (TPSA) is 155 Å². The Balaban J connectivity index is 1.42. The monoisotopic (exact) mass is 618 g/mol. The van der Waals surface area contributed by atoms with Gasteiger partial charge in [0.2, 0.25) is 11.7 Å². The summed E-state index contributed by atoms with van der Waals surface area (Å²) >= 11 is 0. The first kappa shape index (κ1) is 33.7. The minimum absolute atomic E-state index is 0.0647. The number of aromatic nitrogens is 2. The van der Waals surface area contributed by atoms with E-state index in [0.717, 1.165) is 30.6 Å². The number of fused-ring (bicyclic) bond motifs is 2. The Bertz CT molecular complexity index is 1500. The number of likely N-dealkylation sites (N-methyl/N-ethyl adjacent to an activating group) is 1. The second-order valence-corrected chi connectivity index (χ2v) is 13.5. The number of carbonyl (C=O) groups excluding carboxylic acids is 4. The van der Waals surface area contributed by atoms with Crippen molar-refractivity contribution in [3.63, 3.8) is 0 Å². The Labute approximate surface area is 264 Å². The van der Waals surface area contributed by atoms with Crippen molar-refractivity contribution in [1.29, 1.82) is 5.26 Å². The highest BCUT2D eigenvalue weighted by atomic mass is 16.2. The van der Waals surface area contributed by atoms with Crippen molar-refractivity contribution in [1.82, 2.24) is 19.8 Å². The zero-order valence-electron chi connectivity index (χ0n) is 26.9. The number of Topliss-reactive ketones (excluding diaryl/α,β-unsaturated/α-hetero) is 1. The van der Waals surface area contributed by atoms with E-state index >= 15 is 0 Å². The van der Waals surface area contributed by atoms with E-state index in [-0.39, 0.29) is 47.3 Å². The van der Waals surface area contributed by atoms with E-state index in [2.05, 4.69) is 29.8 Å². The highest BCUT2D eigenvalue weighted by molar-refractivity contribution is 6.36. The van der Waals surface area contributed by atoms with Crippen LogP contribution >= 0.6 is 0 Å². The summed E-state index contributed by atoms with van der Waals surface area (Å²) < 4.78 is 3.06. The molecule has 2 fully saturated rings. The molecule has 0 radical (unpaired) electrons. The van der Waals surface area contributed by atoms with Gasteiger partial charge in [-0.2, -0.15) is 5.26 Å². The predicted octanol–water partition coefficient (Wildman–Crippen LogP) is 3.91. The molecule has 11 nitrogen and oxygen atoms in total. The normalized spacial score (nSPS) is 23.0. The zero-order valence-corrected chi connectivity index (χ0v) is 26.9. The quantitative estimate of drug-likeness (QED) is 0.289. The average molecular weight is 619 g/mol. The maximum absolute atomic E-state index is 13.4. The number of aryl methyl sites for hydroxylation is 2. The maximum Gasteiger partial charge on any atom is 0.287 e. The highest BCUT2D eigenvalue weighted by Crippen LogP contribution is 2.52. The maximum atomic E-state index is 13.4. The van der Waals surface area contributed by atoms with Crippen LogP contribution in [0.3, 0.4) is 0 Å². The first-order valence-corrected chi connectivity index (χ1v) is 16.1. The lowest BCUT2D eigenvalue weighted by atomic mass is 9.58. The number of ketones is 1. The van der Waals surface area contributed by atoms with Crippen LogP contribution in [-0.4, -0.2) is 45.2 Å². The SMILES string of the molecule is CCNC(=O)C(=O)CCC(NC(=O)c1cc(C#N)cn1C)C(=O)Nc1cccn(CCCC2(C)CC3CC(C)CC(C3)C2)c1=O. The standard InChI is InChI=1S/C34H46N6O5/c1-5-36-32(44)29(41)10-9-26(37-31(43)28-17-25(20-35)21-39(28)4)30(42)38-27-8-6-12-40(33(27)45)13-7-11-34(3)18-23-14-22(2)15-24(16-23)19-34/h6,8,12,17,21-24,26H,5,7,9-11,13-16,18-19H2,1-4H3,(H,36,44)(H,37,43)(H,38,42). The molecule has 2 aliphatic rings. The number of hydrogen-bond acceptors (Lipinski definition) is 6. The molecule has 0 aromatic carbocycles. The van der Waals surface area contributed by atoms with Crippen molar-refractivity contribution in [3.8, 4) is 6.07 Å². The van der Waals surface area contributed by atoms with Crippen LogP contribution in [0.1, 0.15) is 94.6 Å². The number of nitrogens with zero attached hydrogens (tertiary/aromatic N) is 3. The number of nitriles is 1. The Morgan fingerprint density at radius 2 is 1.87 bits per heavy atom. The number of anilines is 1. The summed E-state index contributed by atoms with van der Waals surface area (Å²) in [4.78, 5) is 64.2. The number of pyridine rings is 1. The molecule has 45 heavy (non-hydrogen) atoms. The summed E-state index contributed by atoms with van der Waals surface area (Å²) in [5.74, 6) is -0.385. The second kappa shape index (κ2) is 14.7. The fourth-order valence-corrected chi connectivity index (χ4v) is 7.62. The lowest BCUT2D eigenvalue weighted by Gasteiger charge is -2.47. The highest BCUT2D eigenvalue weighted by Gasteiger charge is 2.40. The van der Waals surface area contributed by atoms with Crippen LogP contribution in [0.25, 0.3) is 0 Å². The molecule has 2 aromatic heterocycles. The van der Waals surface area contributed by atoms with Crippen LogP contribution < -0.4 is 21.5 Å². The minimum Gasteiger partial charge on any atom is -0.350 e.